The number of rotatable bonds is 7. The predicted molar refractivity (Wildman–Crippen MR) is 144 cm³/mol. The molecule has 0 aromatic carbocycles. The first kappa shape index (κ1) is 28.6. The number of esters is 1. The molecule has 2 N–H and O–H groups in total. The maximum Gasteiger partial charge on any atom is 0.397 e. The number of carbonyl (C=O) groups excluding carboxylic acids is 1. The molecule has 0 radical (unpaired) electrons. The molecule has 8 heteroatoms. The Morgan fingerprint density at radius 3 is 2.37 bits per heavy atom. The molecule has 0 heterocycles. The summed E-state index contributed by atoms with van der Waals surface area (Å²) >= 11 is 0. The van der Waals surface area contributed by atoms with Gasteiger partial charge in [-0.25, -0.2) is 4.18 Å². The number of aliphatic hydroxyl groups excluding tert-OH is 1. The first-order valence-corrected chi connectivity index (χ1v) is 16.1. The molecule has 7 nitrogen and oxygen atoms in total. The van der Waals surface area contributed by atoms with E-state index in [-0.39, 0.29) is 27.6 Å². The molecule has 0 aliphatic heterocycles. The van der Waals surface area contributed by atoms with Crippen molar-refractivity contribution in [1.82, 2.24) is 0 Å². The summed E-state index contributed by atoms with van der Waals surface area (Å²) in [6, 6.07) is 0. The molecule has 0 aromatic rings. The van der Waals surface area contributed by atoms with Crippen LogP contribution < -0.4 is 0 Å². The third-order valence-electron chi connectivity index (χ3n) is 12.9. The monoisotopic (exact) mass is 552 g/mol. The summed E-state index contributed by atoms with van der Waals surface area (Å²) in [5, 5.41) is 10.7. The summed E-state index contributed by atoms with van der Waals surface area (Å²) in [7, 11) is -3.31. The van der Waals surface area contributed by atoms with Crippen LogP contribution in [0.1, 0.15) is 98.8 Å². The van der Waals surface area contributed by atoms with Gasteiger partial charge in [-0.2, -0.15) is 8.42 Å². The molecular formula is C30H48O7S. The Kier molecular flexibility index (Phi) is 6.98. The van der Waals surface area contributed by atoms with Gasteiger partial charge in [0.05, 0.1) is 25.2 Å². The highest BCUT2D eigenvalue weighted by molar-refractivity contribution is 7.80. The predicted octanol–water partition coefficient (Wildman–Crippen LogP) is 5.73. The van der Waals surface area contributed by atoms with Crippen molar-refractivity contribution in [3.63, 3.8) is 0 Å². The van der Waals surface area contributed by atoms with E-state index in [1.807, 2.05) is 19.9 Å². The molecule has 38 heavy (non-hydrogen) atoms. The number of carbonyl (C=O) groups is 1. The Balaban J connectivity index is 1.41. The lowest BCUT2D eigenvalue weighted by molar-refractivity contribution is -0.169. The molecule has 2 unspecified atom stereocenters. The molecule has 5 fully saturated rings. The normalized spacial score (nSPS) is 47.0. The highest BCUT2D eigenvalue weighted by atomic mass is 32.3. The Hall–Kier alpha value is -0.960. The number of ether oxygens (including phenoxy) is 1. The summed E-state index contributed by atoms with van der Waals surface area (Å²) in [6.07, 6.45) is 10.5. The van der Waals surface area contributed by atoms with Crippen molar-refractivity contribution in [3.8, 4) is 0 Å². The molecule has 5 saturated carbocycles. The molecule has 2 spiro atoms. The average molecular weight is 553 g/mol. The number of fused-ring (bicyclic) bond motifs is 2. The Bertz CT molecular complexity index is 1100. The van der Waals surface area contributed by atoms with Crippen molar-refractivity contribution in [2.45, 2.75) is 111 Å². The van der Waals surface area contributed by atoms with E-state index in [1.165, 1.54) is 20.0 Å². The van der Waals surface area contributed by atoms with E-state index in [0.29, 0.717) is 24.2 Å². The Labute approximate surface area is 229 Å². The lowest BCUT2D eigenvalue weighted by Crippen LogP contribution is -2.57. The van der Waals surface area contributed by atoms with Crippen LogP contribution >= 0.6 is 0 Å². The molecule has 0 saturated heterocycles. The molecule has 5 rings (SSSR count). The van der Waals surface area contributed by atoms with Gasteiger partial charge < -0.3 is 9.84 Å². The third-order valence-corrected chi connectivity index (χ3v) is 13.3. The van der Waals surface area contributed by atoms with Gasteiger partial charge in [-0.05, 0) is 123 Å². The van der Waals surface area contributed by atoms with Gasteiger partial charge in [0.25, 0.3) is 0 Å². The van der Waals surface area contributed by atoms with Crippen LogP contribution in [0.5, 0.6) is 0 Å². The quantitative estimate of drug-likeness (QED) is 0.236. The molecule has 216 valence electrons. The SMILES string of the molecule is COC(=O)[C@H]1C2CCC3[C@]4(CC[C@]5(C)[C@@H]([C@H](C)C[C@@H](O)C=C(C)C)CC[C@@]35C)C[C@]24CC[C@@H]1OS(=O)(=O)O. The maximum atomic E-state index is 13.0. The van der Waals surface area contributed by atoms with E-state index in [9.17, 15) is 22.9 Å². The zero-order valence-electron chi connectivity index (χ0n) is 24.0. The van der Waals surface area contributed by atoms with Crippen molar-refractivity contribution >= 4 is 16.4 Å². The molecular weight excluding hydrogens is 504 g/mol. The minimum Gasteiger partial charge on any atom is -0.469 e. The summed E-state index contributed by atoms with van der Waals surface area (Å²) in [5.41, 5.74) is 1.81. The van der Waals surface area contributed by atoms with E-state index in [1.54, 1.807) is 0 Å². The van der Waals surface area contributed by atoms with Crippen molar-refractivity contribution in [2.75, 3.05) is 7.11 Å². The number of hydrogen-bond donors (Lipinski definition) is 2. The van der Waals surface area contributed by atoms with E-state index in [2.05, 4.69) is 20.8 Å². The number of methoxy groups -OCH3 is 1. The van der Waals surface area contributed by atoms with E-state index < -0.39 is 34.5 Å². The Morgan fingerprint density at radius 2 is 1.74 bits per heavy atom. The second kappa shape index (κ2) is 9.28. The van der Waals surface area contributed by atoms with Crippen molar-refractivity contribution in [2.24, 2.45) is 51.2 Å². The van der Waals surface area contributed by atoms with Gasteiger partial charge >= 0.3 is 16.4 Å². The van der Waals surface area contributed by atoms with Crippen molar-refractivity contribution < 1.29 is 31.8 Å². The van der Waals surface area contributed by atoms with Crippen LogP contribution in [0.4, 0.5) is 0 Å². The maximum absolute atomic E-state index is 13.0. The van der Waals surface area contributed by atoms with Crippen LogP contribution in [0, 0.1) is 51.2 Å². The highest BCUT2D eigenvalue weighted by Gasteiger charge is 2.82. The molecule has 5 aliphatic carbocycles. The van der Waals surface area contributed by atoms with Crippen LogP contribution in [0.3, 0.4) is 0 Å². The second-order valence-corrected chi connectivity index (χ2v) is 15.4. The summed E-state index contributed by atoms with van der Waals surface area (Å²) in [6.45, 7) is 11.5. The van der Waals surface area contributed by atoms with Crippen LogP contribution in [-0.4, -0.2) is 43.4 Å². The average Bonchev–Trinajstić information content (AvgIpc) is 3.39. The first-order chi connectivity index (χ1) is 17.6. The van der Waals surface area contributed by atoms with Crippen molar-refractivity contribution in [3.05, 3.63) is 11.6 Å². The van der Waals surface area contributed by atoms with Gasteiger partial charge in [-0.1, -0.05) is 32.4 Å². The smallest absolute Gasteiger partial charge is 0.397 e. The first-order valence-electron chi connectivity index (χ1n) is 14.7. The molecule has 0 aromatic heterocycles. The van der Waals surface area contributed by atoms with Gasteiger partial charge in [-0.15, -0.1) is 0 Å². The van der Waals surface area contributed by atoms with Gasteiger partial charge in [0.15, 0.2) is 0 Å². The lowest BCUT2D eigenvalue weighted by atomic mass is 9.42. The van der Waals surface area contributed by atoms with Crippen LogP contribution in [0.25, 0.3) is 0 Å². The minimum absolute atomic E-state index is 0.0231. The standard InChI is InChI=1S/C30H48O7S/c1-18(2)15-20(31)16-19(3)21-9-11-28(5)24-8-7-22-25(26(32)36-6)23(37-38(33,34)35)10-12-29(22)17-30(24,29)14-13-27(21,28)4/h15,19-25,31H,7-14,16-17H2,1-6H3,(H,33,34,35)/t19-,20+,21-,22?,23+,24?,25+,27-,28+,29-,30+/m1/s1. The summed E-state index contributed by atoms with van der Waals surface area (Å²) < 4.78 is 42.8. The number of aliphatic hydroxyl groups is 1. The zero-order valence-corrected chi connectivity index (χ0v) is 24.9. The minimum atomic E-state index is -4.66. The third kappa shape index (κ3) is 4.06. The molecule has 0 bridgehead atoms. The number of allylic oxidation sites excluding steroid dienone is 1. The van der Waals surface area contributed by atoms with Gasteiger partial charge in [-0.3, -0.25) is 9.35 Å². The number of hydrogen-bond acceptors (Lipinski definition) is 6. The fourth-order valence-corrected chi connectivity index (χ4v) is 11.9. The second-order valence-electron chi connectivity index (χ2n) is 14.4. The van der Waals surface area contributed by atoms with Crippen LogP contribution in [0.2, 0.25) is 0 Å². The van der Waals surface area contributed by atoms with Crippen LogP contribution in [0.15, 0.2) is 11.6 Å². The zero-order chi connectivity index (χ0) is 27.9. The van der Waals surface area contributed by atoms with E-state index >= 15 is 0 Å². The molecule has 0 amide bonds. The van der Waals surface area contributed by atoms with E-state index in [4.69, 9.17) is 8.92 Å². The topological polar surface area (TPSA) is 110 Å². The summed E-state index contributed by atoms with van der Waals surface area (Å²) in [4.78, 5) is 13.0. The fraction of sp³-hybridized carbons (Fsp3) is 0.900. The van der Waals surface area contributed by atoms with Gasteiger partial charge in [0, 0.05) is 0 Å². The largest absolute Gasteiger partial charge is 0.469 e. The molecule has 11 atom stereocenters. The van der Waals surface area contributed by atoms with Gasteiger partial charge in [0.1, 0.15) is 0 Å². The van der Waals surface area contributed by atoms with Gasteiger partial charge in [0.2, 0.25) is 0 Å². The van der Waals surface area contributed by atoms with E-state index in [0.717, 1.165) is 50.5 Å². The lowest BCUT2D eigenvalue weighted by Gasteiger charge is -2.62. The highest BCUT2D eigenvalue weighted by Crippen LogP contribution is 2.88. The Morgan fingerprint density at radius 1 is 1.03 bits per heavy atom. The summed E-state index contributed by atoms with van der Waals surface area (Å²) in [5.74, 6) is 0.559. The molecule has 5 aliphatic rings. The van der Waals surface area contributed by atoms with Crippen molar-refractivity contribution in [1.29, 1.82) is 0 Å². The van der Waals surface area contributed by atoms with Crippen LogP contribution in [-0.2, 0) is 24.1 Å². The fourth-order valence-electron chi connectivity index (χ4n) is 11.3.